The number of benzene rings is 1. The average molecular weight is 253 g/mol. The van der Waals surface area contributed by atoms with Gasteiger partial charge in [-0.2, -0.15) is 0 Å². The van der Waals surface area contributed by atoms with E-state index in [2.05, 4.69) is 50.4 Å². The number of nitrogens with zero attached hydrogens (tertiary/aromatic N) is 1. The summed E-state index contributed by atoms with van der Waals surface area (Å²) >= 11 is 0. The minimum Gasteiger partial charge on any atom is -0.375 e. The van der Waals surface area contributed by atoms with E-state index in [0.717, 1.165) is 25.3 Å². The molecule has 2 rings (SSSR count). The van der Waals surface area contributed by atoms with Crippen molar-refractivity contribution in [3.63, 3.8) is 0 Å². The first-order valence-corrected chi connectivity index (χ1v) is 7.21. The maximum absolute atomic E-state index is 5.77. The Hall–Kier alpha value is -1.18. The normalized spacial score (nSPS) is 17.1. The molecule has 1 heterocycles. The summed E-state index contributed by atoms with van der Waals surface area (Å²) in [5.74, 6) is 1.23. The highest BCUT2D eigenvalue weighted by Crippen LogP contribution is 2.27. The van der Waals surface area contributed by atoms with Crippen LogP contribution in [0.15, 0.2) is 30.5 Å². The summed E-state index contributed by atoms with van der Waals surface area (Å²) in [5.41, 5.74) is 5.46. The van der Waals surface area contributed by atoms with E-state index < -0.39 is 0 Å². The smallest absolute Gasteiger partial charge is 0.0661 e. The van der Waals surface area contributed by atoms with Crippen molar-refractivity contribution in [1.29, 1.82) is 0 Å². The SMILES string of the molecule is [B]C[C@H](C)c1ccc(C)c(CC2CN(C(=C)C)C2)c1. The molecule has 0 saturated carbocycles. The molecule has 2 heteroatoms. The summed E-state index contributed by atoms with van der Waals surface area (Å²) in [6.45, 7) is 12.8. The van der Waals surface area contributed by atoms with Gasteiger partial charge in [0.2, 0.25) is 0 Å². The quantitative estimate of drug-likeness (QED) is 0.723. The fourth-order valence-corrected chi connectivity index (χ4v) is 2.68. The van der Waals surface area contributed by atoms with Crippen LogP contribution in [0.5, 0.6) is 0 Å². The van der Waals surface area contributed by atoms with Crippen LogP contribution in [0.2, 0.25) is 6.32 Å². The van der Waals surface area contributed by atoms with Crippen molar-refractivity contribution in [2.75, 3.05) is 13.1 Å². The highest BCUT2D eigenvalue weighted by Gasteiger charge is 2.26. The molecule has 100 valence electrons. The van der Waals surface area contributed by atoms with Crippen LogP contribution in [0.4, 0.5) is 0 Å². The van der Waals surface area contributed by atoms with Crippen molar-refractivity contribution in [3.05, 3.63) is 47.2 Å². The van der Waals surface area contributed by atoms with Gasteiger partial charge in [-0.15, -0.1) is 0 Å². The summed E-state index contributed by atoms with van der Waals surface area (Å²) in [7, 11) is 5.77. The first-order valence-electron chi connectivity index (χ1n) is 7.21. The van der Waals surface area contributed by atoms with Gasteiger partial charge >= 0.3 is 0 Å². The lowest BCUT2D eigenvalue weighted by Crippen LogP contribution is -2.46. The molecule has 2 radical (unpaired) electrons. The highest BCUT2D eigenvalue weighted by molar-refractivity contribution is 6.09. The second-order valence-electron chi connectivity index (χ2n) is 6.03. The van der Waals surface area contributed by atoms with Crippen molar-refractivity contribution in [3.8, 4) is 0 Å². The molecule has 0 aromatic heterocycles. The molecule has 19 heavy (non-hydrogen) atoms. The Morgan fingerprint density at radius 1 is 1.47 bits per heavy atom. The van der Waals surface area contributed by atoms with Crippen LogP contribution in [0.3, 0.4) is 0 Å². The number of aryl methyl sites for hydroxylation is 1. The van der Waals surface area contributed by atoms with E-state index in [1.807, 2.05) is 0 Å². The fraction of sp³-hybridized carbons (Fsp3) is 0.529. The van der Waals surface area contributed by atoms with Crippen molar-refractivity contribution in [2.45, 2.75) is 39.4 Å². The van der Waals surface area contributed by atoms with E-state index in [1.165, 1.54) is 28.8 Å². The molecule has 0 amide bonds. The Morgan fingerprint density at radius 2 is 2.16 bits per heavy atom. The molecule has 0 N–H and O–H groups in total. The van der Waals surface area contributed by atoms with Crippen LogP contribution >= 0.6 is 0 Å². The van der Waals surface area contributed by atoms with Gasteiger partial charge in [-0.1, -0.05) is 38.0 Å². The summed E-state index contributed by atoms with van der Waals surface area (Å²) in [4.78, 5) is 2.35. The van der Waals surface area contributed by atoms with E-state index in [1.54, 1.807) is 0 Å². The van der Waals surface area contributed by atoms with Gasteiger partial charge in [0.1, 0.15) is 0 Å². The van der Waals surface area contributed by atoms with Gasteiger partial charge < -0.3 is 4.90 Å². The number of hydrogen-bond donors (Lipinski definition) is 0. The minimum absolute atomic E-state index is 0.452. The van der Waals surface area contributed by atoms with E-state index in [0.29, 0.717) is 5.92 Å². The maximum atomic E-state index is 5.77. The van der Waals surface area contributed by atoms with Crippen molar-refractivity contribution < 1.29 is 0 Å². The summed E-state index contributed by atoms with van der Waals surface area (Å²) in [6.07, 6.45) is 1.90. The maximum Gasteiger partial charge on any atom is 0.0661 e. The summed E-state index contributed by atoms with van der Waals surface area (Å²) < 4.78 is 0. The largest absolute Gasteiger partial charge is 0.375 e. The van der Waals surface area contributed by atoms with Crippen LogP contribution in [-0.4, -0.2) is 25.8 Å². The number of hydrogen-bond acceptors (Lipinski definition) is 1. The van der Waals surface area contributed by atoms with Gasteiger partial charge in [0, 0.05) is 18.8 Å². The van der Waals surface area contributed by atoms with E-state index in [9.17, 15) is 0 Å². The van der Waals surface area contributed by atoms with Gasteiger partial charge in [-0.3, -0.25) is 0 Å². The van der Waals surface area contributed by atoms with Gasteiger partial charge in [-0.25, -0.2) is 0 Å². The van der Waals surface area contributed by atoms with Crippen LogP contribution in [0, 0.1) is 12.8 Å². The number of rotatable bonds is 5. The molecule has 1 aliphatic rings. The standard InChI is InChI=1S/C17H24BN/c1-12(2)19-10-15(11-19)7-17-8-16(14(4)9-18)6-5-13(17)3/h5-6,8,14-15H,1,7,9-11H2,2-4H3/t14-/m0/s1. The van der Waals surface area contributed by atoms with Crippen LogP contribution in [-0.2, 0) is 6.42 Å². The first kappa shape index (κ1) is 14.2. The fourth-order valence-electron chi connectivity index (χ4n) is 2.68. The molecule has 1 nitrogen and oxygen atoms in total. The van der Waals surface area contributed by atoms with Gasteiger partial charge in [-0.05, 0) is 48.8 Å². The lowest BCUT2D eigenvalue weighted by molar-refractivity contribution is 0.144. The predicted octanol–water partition coefficient (Wildman–Crippen LogP) is 3.69. The molecule has 1 aliphatic heterocycles. The zero-order valence-electron chi connectivity index (χ0n) is 12.4. The minimum atomic E-state index is 0.452. The van der Waals surface area contributed by atoms with Crippen molar-refractivity contribution in [2.24, 2.45) is 5.92 Å². The van der Waals surface area contributed by atoms with Gasteiger partial charge in [0.25, 0.3) is 0 Å². The Morgan fingerprint density at radius 3 is 2.74 bits per heavy atom. The first-order chi connectivity index (χ1) is 9.01. The zero-order valence-corrected chi connectivity index (χ0v) is 12.4. The molecule has 0 spiro atoms. The lowest BCUT2D eigenvalue weighted by Gasteiger charge is -2.41. The molecule has 1 saturated heterocycles. The van der Waals surface area contributed by atoms with Crippen LogP contribution < -0.4 is 0 Å². The zero-order chi connectivity index (χ0) is 14.0. The molecule has 1 aromatic carbocycles. The summed E-state index contributed by atoms with van der Waals surface area (Å²) in [5, 5.41) is 0. The Bertz CT molecular complexity index is 460. The highest BCUT2D eigenvalue weighted by atomic mass is 15.2. The van der Waals surface area contributed by atoms with Crippen molar-refractivity contribution >= 4 is 7.85 Å². The van der Waals surface area contributed by atoms with Crippen molar-refractivity contribution in [1.82, 2.24) is 4.90 Å². The third-order valence-corrected chi connectivity index (χ3v) is 4.30. The van der Waals surface area contributed by atoms with Gasteiger partial charge in [0.15, 0.2) is 0 Å². The Labute approximate surface area is 119 Å². The Kier molecular flexibility index (Phi) is 4.39. The van der Waals surface area contributed by atoms with Gasteiger partial charge in [0.05, 0.1) is 7.85 Å². The second kappa shape index (κ2) is 5.86. The molecule has 0 unspecified atom stereocenters. The predicted molar refractivity (Wildman–Crippen MR) is 83.7 cm³/mol. The molecular formula is C17H24BN. The Balaban J connectivity index is 2.02. The topological polar surface area (TPSA) is 3.24 Å². The number of likely N-dealkylation sites (tertiary alicyclic amines) is 1. The lowest BCUT2D eigenvalue weighted by atomic mass is 9.84. The third-order valence-electron chi connectivity index (χ3n) is 4.30. The molecule has 0 bridgehead atoms. The van der Waals surface area contributed by atoms with Crippen LogP contribution in [0.25, 0.3) is 0 Å². The molecule has 0 aliphatic carbocycles. The van der Waals surface area contributed by atoms with E-state index in [4.69, 9.17) is 7.85 Å². The third kappa shape index (κ3) is 3.23. The monoisotopic (exact) mass is 253 g/mol. The molecular weight excluding hydrogens is 229 g/mol. The molecule has 1 fully saturated rings. The number of allylic oxidation sites excluding steroid dienone is 1. The average Bonchev–Trinajstić information content (AvgIpc) is 2.33. The second-order valence-corrected chi connectivity index (χ2v) is 6.03. The van der Waals surface area contributed by atoms with E-state index in [-0.39, 0.29) is 0 Å². The molecule has 1 atom stereocenters. The molecule has 1 aromatic rings. The van der Waals surface area contributed by atoms with Crippen LogP contribution in [0.1, 0.15) is 36.5 Å². The summed E-state index contributed by atoms with van der Waals surface area (Å²) in [6, 6.07) is 6.82. The van der Waals surface area contributed by atoms with E-state index >= 15 is 0 Å².